The van der Waals surface area contributed by atoms with Crippen molar-refractivity contribution < 1.29 is 9.53 Å². The van der Waals surface area contributed by atoms with E-state index in [4.69, 9.17) is 4.74 Å². The zero-order chi connectivity index (χ0) is 10.4. The van der Waals surface area contributed by atoms with Crippen molar-refractivity contribution >= 4 is 18.3 Å². The van der Waals surface area contributed by atoms with Crippen LogP contribution in [0.25, 0.3) is 0 Å². The van der Waals surface area contributed by atoms with E-state index in [2.05, 4.69) is 10.6 Å². The van der Waals surface area contributed by atoms with E-state index in [0.29, 0.717) is 13.2 Å². The Balaban J connectivity index is 0.00000196. The van der Waals surface area contributed by atoms with Crippen LogP contribution in [-0.4, -0.2) is 38.3 Å². The molecule has 1 aliphatic heterocycles. The fraction of sp³-hybridized carbons (Fsp3) is 0.900. The Kier molecular flexibility index (Phi) is 6.89. The SMILES string of the molecule is COCCNC(=O)C1(C)CCCCN1.Cl. The highest BCUT2D eigenvalue weighted by atomic mass is 35.5. The molecule has 0 aromatic carbocycles. The van der Waals surface area contributed by atoms with E-state index in [1.807, 2.05) is 6.92 Å². The monoisotopic (exact) mass is 236 g/mol. The second kappa shape index (κ2) is 7.04. The molecule has 0 aromatic rings. The molecule has 1 amide bonds. The third-order valence-corrected chi connectivity index (χ3v) is 2.71. The Morgan fingerprint density at radius 3 is 2.80 bits per heavy atom. The van der Waals surface area contributed by atoms with Crippen molar-refractivity contribution in [2.75, 3.05) is 26.8 Å². The fourth-order valence-corrected chi connectivity index (χ4v) is 1.71. The van der Waals surface area contributed by atoms with Gasteiger partial charge >= 0.3 is 0 Å². The molecule has 0 aromatic heterocycles. The molecular formula is C10H21ClN2O2. The molecule has 0 bridgehead atoms. The van der Waals surface area contributed by atoms with Crippen LogP contribution in [-0.2, 0) is 9.53 Å². The molecule has 90 valence electrons. The molecule has 4 nitrogen and oxygen atoms in total. The van der Waals surface area contributed by atoms with Gasteiger partial charge in [-0.1, -0.05) is 0 Å². The lowest BCUT2D eigenvalue weighted by atomic mass is 9.90. The van der Waals surface area contributed by atoms with Crippen molar-refractivity contribution in [2.45, 2.75) is 31.7 Å². The number of amides is 1. The number of halogens is 1. The minimum Gasteiger partial charge on any atom is -0.383 e. The molecule has 0 spiro atoms. The van der Waals surface area contributed by atoms with Gasteiger partial charge in [0.2, 0.25) is 5.91 Å². The second-order valence-corrected chi connectivity index (χ2v) is 3.96. The predicted octanol–water partition coefficient (Wildman–Crippen LogP) is 0.703. The standard InChI is InChI=1S/C10H20N2O2.ClH/c1-10(5-3-4-6-12-10)9(13)11-7-8-14-2;/h12H,3-8H2,1-2H3,(H,11,13);1H. The maximum Gasteiger partial charge on any atom is 0.240 e. The summed E-state index contributed by atoms with van der Waals surface area (Å²) in [6.45, 7) is 4.07. The number of rotatable bonds is 4. The average Bonchev–Trinajstić information content (AvgIpc) is 2.19. The molecule has 0 radical (unpaired) electrons. The molecule has 1 aliphatic rings. The summed E-state index contributed by atoms with van der Waals surface area (Å²) in [6.07, 6.45) is 3.22. The molecule has 1 atom stereocenters. The summed E-state index contributed by atoms with van der Waals surface area (Å²) in [5, 5.41) is 6.14. The molecule has 2 N–H and O–H groups in total. The number of carbonyl (C=O) groups excluding carboxylic acids is 1. The largest absolute Gasteiger partial charge is 0.383 e. The number of nitrogens with one attached hydrogen (secondary N) is 2. The summed E-state index contributed by atoms with van der Waals surface area (Å²) in [5.74, 6) is 0.0919. The molecule has 5 heteroatoms. The zero-order valence-electron chi connectivity index (χ0n) is 9.47. The topological polar surface area (TPSA) is 50.4 Å². The third kappa shape index (κ3) is 4.36. The van der Waals surface area contributed by atoms with Gasteiger partial charge in [0, 0.05) is 13.7 Å². The fourth-order valence-electron chi connectivity index (χ4n) is 1.71. The van der Waals surface area contributed by atoms with Gasteiger partial charge in [-0.3, -0.25) is 4.79 Å². The van der Waals surface area contributed by atoms with E-state index in [9.17, 15) is 4.79 Å². The van der Waals surface area contributed by atoms with Crippen molar-refractivity contribution in [1.29, 1.82) is 0 Å². The minimum absolute atomic E-state index is 0. The normalized spacial score (nSPS) is 25.5. The van der Waals surface area contributed by atoms with Gasteiger partial charge < -0.3 is 15.4 Å². The van der Waals surface area contributed by atoms with E-state index in [1.165, 1.54) is 6.42 Å². The van der Waals surface area contributed by atoms with Crippen LogP contribution >= 0.6 is 12.4 Å². The Morgan fingerprint density at radius 1 is 1.53 bits per heavy atom. The van der Waals surface area contributed by atoms with Crippen LogP contribution in [0.1, 0.15) is 26.2 Å². The van der Waals surface area contributed by atoms with E-state index in [1.54, 1.807) is 7.11 Å². The maximum atomic E-state index is 11.8. The van der Waals surface area contributed by atoms with Crippen LogP contribution in [0.5, 0.6) is 0 Å². The predicted molar refractivity (Wildman–Crippen MR) is 62.4 cm³/mol. The van der Waals surface area contributed by atoms with Gasteiger partial charge in [0.25, 0.3) is 0 Å². The molecule has 1 saturated heterocycles. The van der Waals surface area contributed by atoms with Gasteiger partial charge in [-0.05, 0) is 32.7 Å². The number of ether oxygens (including phenoxy) is 1. The van der Waals surface area contributed by atoms with Crippen LogP contribution in [0.2, 0.25) is 0 Å². The van der Waals surface area contributed by atoms with Crippen molar-refractivity contribution in [3.63, 3.8) is 0 Å². The van der Waals surface area contributed by atoms with Crippen molar-refractivity contribution in [3.8, 4) is 0 Å². The van der Waals surface area contributed by atoms with Crippen molar-refractivity contribution in [3.05, 3.63) is 0 Å². The van der Waals surface area contributed by atoms with E-state index in [-0.39, 0.29) is 23.9 Å². The summed E-state index contributed by atoms with van der Waals surface area (Å²) in [7, 11) is 1.63. The minimum atomic E-state index is -0.369. The average molecular weight is 237 g/mol. The molecule has 1 heterocycles. The molecular weight excluding hydrogens is 216 g/mol. The van der Waals surface area contributed by atoms with Crippen LogP contribution in [0.4, 0.5) is 0 Å². The van der Waals surface area contributed by atoms with Crippen LogP contribution in [0.15, 0.2) is 0 Å². The van der Waals surface area contributed by atoms with Crippen molar-refractivity contribution in [2.24, 2.45) is 0 Å². The second-order valence-electron chi connectivity index (χ2n) is 3.96. The Bertz CT molecular complexity index is 194. The van der Waals surface area contributed by atoms with Crippen LogP contribution in [0.3, 0.4) is 0 Å². The molecule has 0 saturated carbocycles. The van der Waals surface area contributed by atoms with Gasteiger partial charge in [0.1, 0.15) is 0 Å². The van der Waals surface area contributed by atoms with E-state index < -0.39 is 0 Å². The van der Waals surface area contributed by atoms with Gasteiger partial charge in [0.05, 0.1) is 12.1 Å². The van der Waals surface area contributed by atoms with Gasteiger partial charge in [-0.25, -0.2) is 0 Å². The third-order valence-electron chi connectivity index (χ3n) is 2.71. The summed E-state index contributed by atoms with van der Waals surface area (Å²) < 4.78 is 4.88. The number of hydrogen-bond donors (Lipinski definition) is 2. The Morgan fingerprint density at radius 2 is 2.27 bits per heavy atom. The highest BCUT2D eigenvalue weighted by molar-refractivity contribution is 5.86. The molecule has 1 fully saturated rings. The lowest BCUT2D eigenvalue weighted by Gasteiger charge is -2.33. The van der Waals surface area contributed by atoms with Gasteiger partial charge in [0.15, 0.2) is 0 Å². The molecule has 1 rings (SSSR count). The summed E-state index contributed by atoms with van der Waals surface area (Å²) >= 11 is 0. The molecule has 1 unspecified atom stereocenters. The quantitative estimate of drug-likeness (QED) is 0.707. The van der Waals surface area contributed by atoms with E-state index in [0.717, 1.165) is 19.4 Å². The molecule has 0 aliphatic carbocycles. The highest BCUT2D eigenvalue weighted by Gasteiger charge is 2.33. The number of piperidine rings is 1. The first-order valence-electron chi connectivity index (χ1n) is 5.21. The molecule has 15 heavy (non-hydrogen) atoms. The number of methoxy groups -OCH3 is 1. The lowest BCUT2D eigenvalue weighted by Crippen LogP contribution is -2.57. The van der Waals surface area contributed by atoms with Gasteiger partial charge in [-0.15, -0.1) is 12.4 Å². The first-order chi connectivity index (χ1) is 6.69. The van der Waals surface area contributed by atoms with E-state index >= 15 is 0 Å². The summed E-state index contributed by atoms with van der Waals surface area (Å²) in [4.78, 5) is 11.8. The van der Waals surface area contributed by atoms with Crippen LogP contribution in [0, 0.1) is 0 Å². The number of hydrogen-bond acceptors (Lipinski definition) is 3. The first kappa shape index (κ1) is 14.7. The summed E-state index contributed by atoms with van der Waals surface area (Å²) in [6, 6.07) is 0. The van der Waals surface area contributed by atoms with Crippen LogP contribution < -0.4 is 10.6 Å². The number of carbonyl (C=O) groups is 1. The lowest BCUT2D eigenvalue weighted by molar-refractivity contribution is -0.128. The maximum absolute atomic E-state index is 11.8. The Hall–Kier alpha value is -0.320. The highest BCUT2D eigenvalue weighted by Crippen LogP contribution is 2.18. The van der Waals surface area contributed by atoms with Crippen molar-refractivity contribution in [1.82, 2.24) is 10.6 Å². The Labute approximate surface area is 97.5 Å². The summed E-state index contributed by atoms with van der Waals surface area (Å²) in [5.41, 5.74) is -0.369. The first-order valence-corrected chi connectivity index (χ1v) is 5.21. The van der Waals surface area contributed by atoms with Gasteiger partial charge in [-0.2, -0.15) is 0 Å². The smallest absolute Gasteiger partial charge is 0.240 e. The zero-order valence-corrected chi connectivity index (χ0v) is 10.3.